The minimum Gasteiger partial charge on any atom is -0.497 e. The highest BCUT2D eigenvalue weighted by Crippen LogP contribution is 2.34. The minimum atomic E-state index is -0.472. The Morgan fingerprint density at radius 3 is 2.43 bits per heavy atom. The molecule has 2 amide bonds. The van der Waals surface area contributed by atoms with Gasteiger partial charge in [-0.25, -0.2) is 0 Å². The van der Waals surface area contributed by atoms with Gasteiger partial charge in [0.2, 0.25) is 0 Å². The molecular formula is C23H25N3O3S. The number of thiocarbonyl (C=S) groups is 1. The van der Waals surface area contributed by atoms with Crippen LogP contribution < -0.4 is 15.0 Å². The van der Waals surface area contributed by atoms with E-state index in [1.165, 1.54) is 30.6 Å². The van der Waals surface area contributed by atoms with Gasteiger partial charge in [0.25, 0.3) is 11.8 Å². The van der Waals surface area contributed by atoms with E-state index in [-0.39, 0.29) is 10.7 Å². The number of rotatable bonds is 4. The summed E-state index contributed by atoms with van der Waals surface area (Å²) in [5.74, 6) is -0.228. The molecule has 1 aromatic carbocycles. The molecule has 1 saturated carbocycles. The number of hydrogen-bond donors (Lipinski definition) is 1. The molecule has 0 radical (unpaired) electrons. The van der Waals surface area contributed by atoms with E-state index in [0.29, 0.717) is 17.5 Å². The van der Waals surface area contributed by atoms with E-state index in [0.717, 1.165) is 17.0 Å². The maximum Gasteiger partial charge on any atom is 0.270 e. The molecule has 0 atom stereocenters. The Hall–Kier alpha value is -2.93. The van der Waals surface area contributed by atoms with Gasteiger partial charge in [0.1, 0.15) is 11.3 Å². The van der Waals surface area contributed by atoms with E-state index < -0.39 is 11.8 Å². The Kier molecular flexibility index (Phi) is 5.47. The lowest BCUT2D eigenvalue weighted by molar-refractivity contribution is -0.122. The standard InChI is InChI=1S/C23H25N3O3S/c1-14-12-16(15(2)25(14)17-6-4-5-7-17)13-20-21(27)24-23(30)26(22(20)28)18-8-10-19(29-3)11-9-18/h8-13,17H,4-7H2,1-3H3,(H,24,27,30)/b20-13-. The highest BCUT2D eigenvalue weighted by Gasteiger charge is 2.35. The number of aromatic nitrogens is 1. The number of benzene rings is 1. The molecule has 2 heterocycles. The molecule has 0 spiro atoms. The Bertz CT molecular complexity index is 1050. The quantitative estimate of drug-likeness (QED) is 0.458. The lowest BCUT2D eigenvalue weighted by Crippen LogP contribution is -2.54. The Morgan fingerprint density at radius 2 is 1.80 bits per heavy atom. The molecule has 6 nitrogen and oxygen atoms in total. The zero-order valence-electron chi connectivity index (χ0n) is 17.4. The molecule has 1 aliphatic carbocycles. The monoisotopic (exact) mass is 423 g/mol. The predicted molar refractivity (Wildman–Crippen MR) is 121 cm³/mol. The van der Waals surface area contributed by atoms with Crippen molar-refractivity contribution in [3.05, 3.63) is 52.9 Å². The van der Waals surface area contributed by atoms with Gasteiger partial charge in [0.15, 0.2) is 5.11 Å². The van der Waals surface area contributed by atoms with Crippen LogP contribution in [-0.4, -0.2) is 28.6 Å². The fourth-order valence-corrected chi connectivity index (χ4v) is 4.73. The van der Waals surface area contributed by atoms with Crippen molar-refractivity contribution in [2.75, 3.05) is 12.0 Å². The van der Waals surface area contributed by atoms with Gasteiger partial charge in [-0.15, -0.1) is 0 Å². The second kappa shape index (κ2) is 8.07. The van der Waals surface area contributed by atoms with E-state index >= 15 is 0 Å². The fraction of sp³-hybridized carbons (Fsp3) is 0.348. The van der Waals surface area contributed by atoms with Gasteiger partial charge in [-0.1, -0.05) is 12.8 Å². The summed E-state index contributed by atoms with van der Waals surface area (Å²) in [6.07, 6.45) is 6.51. The van der Waals surface area contributed by atoms with Crippen molar-refractivity contribution in [3.8, 4) is 5.75 Å². The summed E-state index contributed by atoms with van der Waals surface area (Å²) in [7, 11) is 1.58. The first-order valence-electron chi connectivity index (χ1n) is 10.1. The van der Waals surface area contributed by atoms with Gasteiger partial charge in [0.05, 0.1) is 12.8 Å². The number of ether oxygens (including phenoxy) is 1. The number of anilines is 1. The molecule has 7 heteroatoms. The SMILES string of the molecule is COc1ccc(N2C(=O)/C(=C\c3cc(C)n(C4CCCC4)c3C)C(=O)NC2=S)cc1. The number of hydrogen-bond acceptors (Lipinski definition) is 4. The molecule has 1 aliphatic heterocycles. The van der Waals surface area contributed by atoms with Crippen LogP contribution in [0.2, 0.25) is 0 Å². The minimum absolute atomic E-state index is 0.0729. The van der Waals surface area contributed by atoms with Crippen LogP contribution in [-0.2, 0) is 9.59 Å². The Balaban J connectivity index is 1.70. The van der Waals surface area contributed by atoms with E-state index in [2.05, 4.69) is 23.7 Å². The van der Waals surface area contributed by atoms with Gasteiger partial charge in [-0.3, -0.25) is 19.8 Å². The van der Waals surface area contributed by atoms with E-state index in [9.17, 15) is 9.59 Å². The van der Waals surface area contributed by atoms with Gasteiger partial charge >= 0.3 is 0 Å². The maximum atomic E-state index is 13.2. The summed E-state index contributed by atoms with van der Waals surface area (Å²) >= 11 is 5.28. The number of nitrogens with one attached hydrogen (secondary N) is 1. The third-order valence-corrected chi connectivity index (χ3v) is 6.23. The first-order chi connectivity index (χ1) is 14.4. The van der Waals surface area contributed by atoms with Crippen molar-refractivity contribution >= 4 is 40.9 Å². The topological polar surface area (TPSA) is 63.6 Å². The lowest BCUT2D eigenvalue weighted by atomic mass is 10.1. The second-order valence-electron chi connectivity index (χ2n) is 7.79. The number of amides is 2. The highest BCUT2D eigenvalue weighted by atomic mass is 32.1. The van der Waals surface area contributed by atoms with Crippen LogP contribution in [0.3, 0.4) is 0 Å². The molecule has 30 heavy (non-hydrogen) atoms. The molecule has 1 aromatic heterocycles. The van der Waals surface area contributed by atoms with Crippen molar-refractivity contribution in [3.63, 3.8) is 0 Å². The Labute approximate surface area is 181 Å². The van der Waals surface area contributed by atoms with Crippen LogP contribution >= 0.6 is 12.2 Å². The van der Waals surface area contributed by atoms with Crippen molar-refractivity contribution in [2.24, 2.45) is 0 Å². The van der Waals surface area contributed by atoms with Crippen LogP contribution in [0.5, 0.6) is 5.75 Å². The van der Waals surface area contributed by atoms with Crippen molar-refractivity contribution in [1.29, 1.82) is 0 Å². The summed E-state index contributed by atoms with van der Waals surface area (Å²) in [5.41, 5.74) is 3.77. The van der Waals surface area contributed by atoms with E-state index in [1.807, 2.05) is 6.07 Å². The lowest BCUT2D eigenvalue weighted by Gasteiger charge is -2.29. The normalized spacial score (nSPS) is 19.0. The summed E-state index contributed by atoms with van der Waals surface area (Å²) in [4.78, 5) is 27.2. The Morgan fingerprint density at radius 1 is 1.13 bits per heavy atom. The molecular weight excluding hydrogens is 398 g/mol. The van der Waals surface area contributed by atoms with E-state index in [4.69, 9.17) is 17.0 Å². The first-order valence-corrected chi connectivity index (χ1v) is 10.6. The molecule has 1 saturated heterocycles. The summed E-state index contributed by atoms with van der Waals surface area (Å²) in [6, 6.07) is 9.53. The van der Waals surface area contributed by atoms with Gasteiger partial charge < -0.3 is 9.30 Å². The molecule has 2 aromatic rings. The van der Waals surface area contributed by atoms with Gasteiger partial charge in [-0.2, -0.15) is 0 Å². The molecule has 0 unspecified atom stereocenters. The van der Waals surface area contributed by atoms with Crippen molar-refractivity contribution in [2.45, 2.75) is 45.6 Å². The number of aryl methyl sites for hydroxylation is 1. The van der Waals surface area contributed by atoms with Crippen LogP contribution in [0.25, 0.3) is 6.08 Å². The molecule has 2 aliphatic rings. The zero-order chi connectivity index (χ0) is 21.4. The number of methoxy groups -OCH3 is 1. The molecule has 1 N–H and O–H groups in total. The fourth-order valence-electron chi connectivity index (χ4n) is 4.45. The summed E-state index contributed by atoms with van der Waals surface area (Å²) in [6.45, 7) is 4.13. The maximum absolute atomic E-state index is 13.2. The third kappa shape index (κ3) is 3.54. The predicted octanol–water partition coefficient (Wildman–Crippen LogP) is 4.06. The van der Waals surface area contributed by atoms with Gasteiger partial charge in [-0.05, 0) is 80.9 Å². The average Bonchev–Trinajstić information content (AvgIpc) is 3.33. The number of nitrogens with zero attached hydrogens (tertiary/aromatic N) is 2. The van der Waals surface area contributed by atoms with Crippen LogP contribution in [0.15, 0.2) is 35.9 Å². The van der Waals surface area contributed by atoms with Crippen LogP contribution in [0.1, 0.15) is 48.7 Å². The van der Waals surface area contributed by atoms with Crippen LogP contribution in [0, 0.1) is 13.8 Å². The average molecular weight is 424 g/mol. The van der Waals surface area contributed by atoms with Crippen molar-refractivity contribution < 1.29 is 14.3 Å². The highest BCUT2D eigenvalue weighted by molar-refractivity contribution is 7.80. The zero-order valence-corrected chi connectivity index (χ0v) is 18.2. The molecule has 4 rings (SSSR count). The molecule has 0 bridgehead atoms. The first kappa shape index (κ1) is 20.3. The van der Waals surface area contributed by atoms with Gasteiger partial charge in [0, 0.05) is 17.4 Å². The number of carbonyl (C=O) groups excluding carboxylic acids is 2. The smallest absolute Gasteiger partial charge is 0.270 e. The van der Waals surface area contributed by atoms with Crippen molar-refractivity contribution in [1.82, 2.24) is 9.88 Å². The largest absolute Gasteiger partial charge is 0.497 e. The molecule has 2 fully saturated rings. The molecule has 156 valence electrons. The second-order valence-corrected chi connectivity index (χ2v) is 8.18. The van der Waals surface area contributed by atoms with Crippen LogP contribution in [0.4, 0.5) is 5.69 Å². The third-order valence-electron chi connectivity index (χ3n) is 5.95. The summed E-state index contributed by atoms with van der Waals surface area (Å²) < 4.78 is 7.52. The summed E-state index contributed by atoms with van der Waals surface area (Å²) in [5, 5.41) is 2.72. The van der Waals surface area contributed by atoms with E-state index in [1.54, 1.807) is 37.5 Å². The number of carbonyl (C=O) groups is 2.